The van der Waals surface area contributed by atoms with Crippen LogP contribution in [0.15, 0.2) is 132 Å². The number of hydrogen-bond donors (Lipinski definition) is 0. The summed E-state index contributed by atoms with van der Waals surface area (Å²) in [4.78, 5) is 1.32. The van der Waals surface area contributed by atoms with Gasteiger partial charge in [0, 0.05) is 10.6 Å². The van der Waals surface area contributed by atoms with Crippen LogP contribution in [0.25, 0.3) is 66.8 Å². The fourth-order valence-corrected chi connectivity index (χ4v) is 14.6. The van der Waals surface area contributed by atoms with E-state index in [1.165, 1.54) is 123 Å². The van der Waals surface area contributed by atoms with Crippen molar-refractivity contribution in [2.24, 2.45) is 0 Å². The largest absolute Gasteiger partial charge is 0.0889 e. The third-order valence-corrected chi connectivity index (χ3v) is 18.6. The van der Waals surface area contributed by atoms with Crippen molar-refractivity contribution in [3.05, 3.63) is 172 Å². The zero-order valence-corrected chi connectivity index (χ0v) is 56.2. The zero-order valence-electron chi connectivity index (χ0n) is 54.6. The van der Waals surface area contributed by atoms with E-state index in [2.05, 4.69) is 300 Å². The maximum absolute atomic E-state index is 2.56. The Balaban J connectivity index is 1.72. The minimum absolute atomic E-state index is 0.0941. The molecule has 0 aliphatic rings. The summed E-state index contributed by atoms with van der Waals surface area (Å²) in [7, 11) is 4.00. The molecule has 0 spiro atoms. The van der Waals surface area contributed by atoms with Crippen LogP contribution in [0.1, 0.15) is 230 Å². The van der Waals surface area contributed by atoms with Crippen molar-refractivity contribution >= 4 is 21.6 Å². The van der Waals surface area contributed by atoms with Crippen molar-refractivity contribution in [1.29, 1.82) is 0 Å². The number of rotatable bonds is 11. The molecule has 0 nitrogen and oxygen atoms in total. The molecule has 80 heavy (non-hydrogen) atoms. The van der Waals surface area contributed by atoms with E-state index in [0.717, 1.165) is 12.2 Å². The van der Waals surface area contributed by atoms with Gasteiger partial charge >= 0.3 is 0 Å². The first-order valence-corrected chi connectivity index (χ1v) is 32.4. The molecular formula is C78H102S2. The highest BCUT2D eigenvalue weighted by molar-refractivity contribution is 8.76. The second kappa shape index (κ2) is 22.8. The molecule has 0 unspecified atom stereocenters. The van der Waals surface area contributed by atoms with Crippen molar-refractivity contribution in [2.75, 3.05) is 5.75 Å². The van der Waals surface area contributed by atoms with Crippen LogP contribution in [0.2, 0.25) is 0 Å². The molecule has 0 radical (unpaired) electrons. The minimum Gasteiger partial charge on any atom is -0.0889 e. The van der Waals surface area contributed by atoms with Crippen molar-refractivity contribution in [3.8, 4) is 66.8 Å². The van der Waals surface area contributed by atoms with Crippen LogP contribution < -0.4 is 0 Å². The monoisotopic (exact) mass is 1100 g/mol. The quantitative estimate of drug-likeness (QED) is 0.0935. The van der Waals surface area contributed by atoms with E-state index in [0.29, 0.717) is 0 Å². The molecule has 0 N–H and O–H groups in total. The minimum atomic E-state index is -0.0941. The van der Waals surface area contributed by atoms with Gasteiger partial charge in [-0.2, -0.15) is 0 Å². The molecular weight excluding hydrogens is 1000 g/mol. The molecule has 7 rings (SSSR count). The average Bonchev–Trinajstić information content (AvgIpc) is 3.34. The standard InChI is InChI=1S/C78H102S2/c1-26-27-43-79-80-70-56(50-44-52(66-58(71(2,3)4)35-29-36-59(66)72(5,6)7)48-53(45-50)67-60(73(8,9)10)37-30-38-61(67)74(11,12)13)33-28-34-57(70)51-46-54(68-62(75(14,15)16)39-31-40-63(68)76(17,18)19)49-55(47-51)69-64(77(20,21)22)41-32-42-65(69)78(23,24)25/h28-42,44-49H,26-27,43H2,1-25H3. The lowest BCUT2D eigenvalue weighted by atomic mass is 9.72. The highest BCUT2D eigenvalue weighted by Gasteiger charge is 2.33. The first-order valence-electron chi connectivity index (χ1n) is 30.1. The molecule has 7 aromatic carbocycles. The third kappa shape index (κ3) is 13.7. The van der Waals surface area contributed by atoms with Crippen molar-refractivity contribution in [1.82, 2.24) is 0 Å². The van der Waals surface area contributed by atoms with Crippen LogP contribution >= 0.6 is 21.6 Å². The summed E-state index contributed by atoms with van der Waals surface area (Å²) >= 11 is 0. The van der Waals surface area contributed by atoms with Crippen molar-refractivity contribution < 1.29 is 0 Å². The summed E-state index contributed by atoms with van der Waals surface area (Å²) in [5.74, 6) is 1.08. The molecule has 0 fully saturated rings. The lowest BCUT2D eigenvalue weighted by Crippen LogP contribution is -2.20. The normalized spacial score (nSPS) is 13.3. The highest BCUT2D eigenvalue weighted by atomic mass is 33.1. The third-order valence-electron chi connectivity index (χ3n) is 16.1. The fraction of sp³-hybridized carbons (Fsp3) is 0.462. The Morgan fingerprint density at radius 1 is 0.275 bits per heavy atom. The summed E-state index contributed by atoms with van der Waals surface area (Å²) in [6.07, 6.45) is 2.34. The Hall–Kier alpha value is -4.76. The van der Waals surface area contributed by atoms with Gasteiger partial charge in [0.25, 0.3) is 0 Å². The maximum Gasteiger partial charge on any atom is 0.0339 e. The van der Waals surface area contributed by atoms with Crippen LogP contribution in [0, 0.1) is 0 Å². The second-order valence-electron chi connectivity index (χ2n) is 31.5. The SMILES string of the molecule is CCCCSSc1c(-c2cc(-c3c(C(C)(C)C)cccc3C(C)(C)C)cc(-c3c(C(C)(C)C)cccc3C(C)(C)C)c2)cccc1-c1cc(-c2c(C(C)(C)C)cccc2C(C)(C)C)cc(-c2c(C(C)(C)C)cccc2C(C)(C)C)c1. The first-order chi connectivity index (χ1) is 36.7. The van der Waals surface area contributed by atoms with Crippen molar-refractivity contribution in [2.45, 2.75) is 234 Å². The second-order valence-corrected chi connectivity index (χ2v) is 33.9. The molecule has 0 aromatic heterocycles. The van der Waals surface area contributed by atoms with E-state index in [1.54, 1.807) is 0 Å². The Morgan fingerprint density at radius 2 is 0.475 bits per heavy atom. The number of benzene rings is 7. The summed E-state index contributed by atoms with van der Waals surface area (Å²) in [5, 5.41) is 0. The van der Waals surface area contributed by atoms with Gasteiger partial charge in [0.2, 0.25) is 0 Å². The average molecular weight is 1100 g/mol. The summed E-state index contributed by atoms with van der Waals surface area (Å²) < 4.78 is 0. The van der Waals surface area contributed by atoms with Gasteiger partial charge in [-0.05, 0) is 197 Å². The molecule has 0 amide bonds. The number of hydrogen-bond acceptors (Lipinski definition) is 2. The summed E-state index contributed by atoms with van der Waals surface area (Å²) in [6.45, 7) is 59.6. The predicted molar refractivity (Wildman–Crippen MR) is 362 cm³/mol. The van der Waals surface area contributed by atoms with E-state index >= 15 is 0 Å². The number of unbranched alkanes of at least 4 members (excludes halogenated alkanes) is 1. The smallest absolute Gasteiger partial charge is 0.0339 e. The molecule has 0 aliphatic heterocycles. The van der Waals surface area contributed by atoms with Crippen LogP contribution in [-0.4, -0.2) is 5.75 Å². The van der Waals surface area contributed by atoms with E-state index in [4.69, 9.17) is 0 Å². The zero-order chi connectivity index (χ0) is 59.5. The summed E-state index contributed by atoms with van der Waals surface area (Å²) in [6, 6.07) is 50.9. The van der Waals surface area contributed by atoms with Gasteiger partial charge in [-0.25, -0.2) is 0 Å². The van der Waals surface area contributed by atoms with Gasteiger partial charge in [0.1, 0.15) is 0 Å². The molecule has 0 saturated heterocycles. The topological polar surface area (TPSA) is 0 Å². The van der Waals surface area contributed by atoms with Crippen LogP contribution in [0.5, 0.6) is 0 Å². The molecule has 0 saturated carbocycles. The van der Waals surface area contributed by atoms with Gasteiger partial charge in [-0.3, -0.25) is 0 Å². The van der Waals surface area contributed by atoms with Crippen molar-refractivity contribution in [3.63, 3.8) is 0 Å². The first kappa shape index (κ1) is 62.8. The lowest BCUT2D eigenvalue weighted by molar-refractivity contribution is 0.571. The van der Waals surface area contributed by atoms with E-state index in [1.807, 2.05) is 21.6 Å². The Kier molecular flexibility index (Phi) is 17.9. The fourth-order valence-electron chi connectivity index (χ4n) is 12.0. The van der Waals surface area contributed by atoms with Gasteiger partial charge in [0.05, 0.1) is 0 Å². The Bertz CT molecular complexity index is 2820. The molecule has 426 valence electrons. The molecule has 0 atom stereocenters. The molecule has 7 aromatic rings. The van der Waals surface area contributed by atoms with E-state index in [9.17, 15) is 0 Å². The van der Waals surface area contributed by atoms with Gasteiger partial charge in [0.15, 0.2) is 0 Å². The lowest BCUT2D eigenvalue weighted by Gasteiger charge is -2.32. The van der Waals surface area contributed by atoms with Gasteiger partial charge < -0.3 is 0 Å². The Labute approximate surface area is 497 Å². The Morgan fingerprint density at radius 3 is 0.675 bits per heavy atom. The van der Waals surface area contributed by atoms with Gasteiger partial charge in [-0.15, -0.1) is 0 Å². The predicted octanol–water partition coefficient (Wildman–Crippen LogP) is 24.6. The summed E-state index contributed by atoms with van der Waals surface area (Å²) in [5.41, 5.74) is 25.9. The molecule has 0 aliphatic carbocycles. The van der Waals surface area contributed by atoms with E-state index in [-0.39, 0.29) is 43.3 Å². The molecule has 2 heteroatoms. The molecule has 0 heterocycles. The maximum atomic E-state index is 2.56. The van der Waals surface area contributed by atoms with Crippen LogP contribution in [0.3, 0.4) is 0 Å². The van der Waals surface area contributed by atoms with Crippen LogP contribution in [0.4, 0.5) is 0 Å². The van der Waals surface area contributed by atoms with E-state index < -0.39 is 0 Å². The highest BCUT2D eigenvalue weighted by Crippen LogP contribution is 2.52. The van der Waals surface area contributed by atoms with Gasteiger partial charge in [-0.1, -0.05) is 292 Å². The molecule has 0 bridgehead atoms. The van der Waals surface area contributed by atoms with Crippen LogP contribution in [-0.2, 0) is 43.3 Å².